The molecule has 0 fully saturated rings. The molecule has 0 saturated carbocycles. The summed E-state index contributed by atoms with van der Waals surface area (Å²) >= 11 is 0. The Labute approximate surface area is 135 Å². The topological polar surface area (TPSA) is 77.0 Å². The van der Waals surface area contributed by atoms with E-state index < -0.39 is 11.7 Å². The maximum Gasteiger partial charge on any atom is 0.408 e. The van der Waals surface area contributed by atoms with Gasteiger partial charge >= 0.3 is 6.09 Å². The molecule has 0 aliphatic heterocycles. The molecule has 0 aromatic carbocycles. The number of ether oxygens (including phenoxy) is 1. The van der Waals surface area contributed by atoms with E-state index in [1.165, 1.54) is 6.33 Å². The number of nitrogens with zero attached hydrogens (tertiary/aromatic N) is 3. The predicted octanol–water partition coefficient (Wildman–Crippen LogP) is 2.41. The van der Waals surface area contributed by atoms with Gasteiger partial charge in [-0.05, 0) is 26.8 Å². The molecule has 0 bridgehead atoms. The molecule has 0 aliphatic rings. The summed E-state index contributed by atoms with van der Waals surface area (Å²) in [6.45, 7) is 5.61. The summed E-state index contributed by atoms with van der Waals surface area (Å²) in [6, 6.07) is 1.85. The van der Waals surface area contributed by atoms with Gasteiger partial charge in [0.2, 0.25) is 0 Å². The maximum absolute atomic E-state index is 11.5. The fourth-order valence-electron chi connectivity index (χ4n) is 1.75. The molecule has 0 unspecified atom stereocenters. The number of carbonyl (C=O) groups excluding carboxylic acids is 1. The van der Waals surface area contributed by atoms with Crippen molar-refractivity contribution in [2.24, 2.45) is 0 Å². The number of hydrogen-bond donors (Lipinski definition) is 1. The normalized spacial score (nSPS) is 10.4. The van der Waals surface area contributed by atoms with Gasteiger partial charge in [0.05, 0.1) is 12.1 Å². The molecule has 2 heterocycles. The van der Waals surface area contributed by atoms with E-state index in [4.69, 9.17) is 4.74 Å². The molecule has 0 saturated heterocycles. The first kappa shape index (κ1) is 16.4. The number of amides is 1. The van der Waals surface area contributed by atoms with Crippen LogP contribution in [0.3, 0.4) is 0 Å². The SMILES string of the molecule is CC(C)(C)OC(=O)NCC#Cc1cnccc1-c1cncnc1. The number of rotatable bonds is 2. The number of carbonyl (C=O) groups is 1. The van der Waals surface area contributed by atoms with Crippen molar-refractivity contribution in [3.05, 3.63) is 42.7 Å². The van der Waals surface area contributed by atoms with Crippen molar-refractivity contribution in [3.63, 3.8) is 0 Å². The van der Waals surface area contributed by atoms with E-state index in [1.54, 1.807) is 24.8 Å². The fourth-order valence-corrected chi connectivity index (χ4v) is 1.75. The minimum absolute atomic E-state index is 0.189. The van der Waals surface area contributed by atoms with Gasteiger partial charge in [-0.25, -0.2) is 14.8 Å². The van der Waals surface area contributed by atoms with Crippen LogP contribution in [0.25, 0.3) is 11.1 Å². The summed E-state index contributed by atoms with van der Waals surface area (Å²) in [5, 5.41) is 2.59. The summed E-state index contributed by atoms with van der Waals surface area (Å²) in [5.41, 5.74) is 1.97. The summed E-state index contributed by atoms with van der Waals surface area (Å²) in [4.78, 5) is 23.6. The molecule has 6 nitrogen and oxygen atoms in total. The second-order valence-corrected chi connectivity index (χ2v) is 5.71. The lowest BCUT2D eigenvalue weighted by molar-refractivity contribution is 0.0535. The van der Waals surface area contributed by atoms with Crippen LogP contribution in [0.5, 0.6) is 0 Å². The van der Waals surface area contributed by atoms with Gasteiger partial charge in [0.25, 0.3) is 0 Å². The van der Waals surface area contributed by atoms with E-state index in [9.17, 15) is 4.79 Å². The Balaban J connectivity index is 2.04. The van der Waals surface area contributed by atoms with Gasteiger partial charge in [0.15, 0.2) is 0 Å². The third-order valence-electron chi connectivity index (χ3n) is 2.64. The van der Waals surface area contributed by atoms with Gasteiger partial charge in [-0.15, -0.1) is 0 Å². The Morgan fingerprint density at radius 2 is 1.96 bits per heavy atom. The van der Waals surface area contributed by atoms with E-state index in [1.807, 2.05) is 26.8 Å². The molecular formula is C17H18N4O2. The van der Waals surface area contributed by atoms with Gasteiger partial charge in [-0.3, -0.25) is 4.98 Å². The highest BCUT2D eigenvalue weighted by Crippen LogP contribution is 2.20. The molecule has 23 heavy (non-hydrogen) atoms. The molecule has 0 radical (unpaired) electrons. The van der Waals surface area contributed by atoms with Crippen LogP contribution in [0.15, 0.2) is 37.2 Å². The lowest BCUT2D eigenvalue weighted by Gasteiger charge is -2.19. The number of aromatic nitrogens is 3. The summed E-state index contributed by atoms with van der Waals surface area (Å²) in [6.07, 6.45) is 7.77. The first-order valence-electron chi connectivity index (χ1n) is 7.11. The Bertz CT molecular complexity index is 727. The van der Waals surface area contributed by atoms with Crippen molar-refractivity contribution >= 4 is 6.09 Å². The first-order valence-corrected chi connectivity index (χ1v) is 7.11. The van der Waals surface area contributed by atoms with Crippen LogP contribution in [-0.4, -0.2) is 33.2 Å². The Hall–Kier alpha value is -2.94. The fraction of sp³-hybridized carbons (Fsp3) is 0.294. The predicted molar refractivity (Wildman–Crippen MR) is 86.4 cm³/mol. The van der Waals surface area contributed by atoms with E-state index in [0.29, 0.717) is 0 Å². The van der Waals surface area contributed by atoms with Crippen LogP contribution in [0.1, 0.15) is 26.3 Å². The second kappa shape index (κ2) is 7.36. The zero-order chi connectivity index (χ0) is 16.7. The Morgan fingerprint density at radius 3 is 2.65 bits per heavy atom. The second-order valence-electron chi connectivity index (χ2n) is 5.71. The van der Waals surface area contributed by atoms with E-state index in [-0.39, 0.29) is 6.54 Å². The van der Waals surface area contributed by atoms with Crippen LogP contribution in [0.2, 0.25) is 0 Å². The van der Waals surface area contributed by atoms with Crippen LogP contribution in [-0.2, 0) is 4.74 Å². The molecule has 1 amide bonds. The molecule has 0 spiro atoms. The van der Waals surface area contributed by atoms with Crippen LogP contribution >= 0.6 is 0 Å². The Morgan fingerprint density at radius 1 is 1.22 bits per heavy atom. The monoisotopic (exact) mass is 310 g/mol. The minimum atomic E-state index is -0.526. The first-order chi connectivity index (χ1) is 11.0. The van der Waals surface area contributed by atoms with Gasteiger partial charge in [-0.1, -0.05) is 11.8 Å². The van der Waals surface area contributed by atoms with Crippen molar-refractivity contribution in [2.45, 2.75) is 26.4 Å². The zero-order valence-electron chi connectivity index (χ0n) is 13.3. The molecule has 2 aromatic heterocycles. The molecule has 6 heteroatoms. The van der Waals surface area contributed by atoms with Gasteiger partial charge < -0.3 is 10.1 Å². The van der Waals surface area contributed by atoms with E-state index in [2.05, 4.69) is 32.1 Å². The largest absolute Gasteiger partial charge is 0.444 e. The average Bonchev–Trinajstić information content (AvgIpc) is 2.51. The minimum Gasteiger partial charge on any atom is -0.444 e. The van der Waals surface area contributed by atoms with Crippen LogP contribution < -0.4 is 5.32 Å². The molecule has 0 atom stereocenters. The van der Waals surface area contributed by atoms with E-state index >= 15 is 0 Å². The zero-order valence-corrected chi connectivity index (χ0v) is 13.3. The number of alkyl carbamates (subject to hydrolysis) is 1. The van der Waals surface area contributed by atoms with Crippen molar-refractivity contribution in [2.75, 3.05) is 6.54 Å². The molecule has 118 valence electrons. The molecule has 2 rings (SSSR count). The smallest absolute Gasteiger partial charge is 0.408 e. The van der Waals surface area contributed by atoms with Gasteiger partial charge in [0.1, 0.15) is 11.9 Å². The third kappa shape index (κ3) is 5.40. The summed E-state index contributed by atoms with van der Waals surface area (Å²) < 4.78 is 5.14. The average molecular weight is 310 g/mol. The molecular weight excluding hydrogens is 292 g/mol. The maximum atomic E-state index is 11.5. The van der Waals surface area contributed by atoms with Crippen LogP contribution in [0.4, 0.5) is 4.79 Å². The van der Waals surface area contributed by atoms with Crippen molar-refractivity contribution in [1.29, 1.82) is 0 Å². The lowest BCUT2D eigenvalue weighted by Crippen LogP contribution is -2.32. The highest BCUT2D eigenvalue weighted by Gasteiger charge is 2.15. The van der Waals surface area contributed by atoms with Crippen molar-refractivity contribution < 1.29 is 9.53 Å². The summed E-state index contributed by atoms with van der Waals surface area (Å²) in [5.74, 6) is 5.88. The van der Waals surface area contributed by atoms with E-state index in [0.717, 1.165) is 16.7 Å². The highest BCUT2D eigenvalue weighted by atomic mass is 16.6. The van der Waals surface area contributed by atoms with Gasteiger partial charge in [0, 0.05) is 35.9 Å². The third-order valence-corrected chi connectivity index (χ3v) is 2.64. The Kier molecular flexibility index (Phi) is 5.26. The highest BCUT2D eigenvalue weighted by molar-refractivity contribution is 5.70. The van der Waals surface area contributed by atoms with Crippen LogP contribution in [0, 0.1) is 11.8 Å². The lowest BCUT2D eigenvalue weighted by atomic mass is 10.1. The standard InChI is InChI=1S/C17H18N4O2/c1-17(2,3)23-16(22)21-7-4-5-13-9-18-8-6-15(13)14-10-19-12-20-11-14/h6,8-12H,7H2,1-3H3,(H,21,22). The number of nitrogens with one attached hydrogen (secondary N) is 1. The van der Waals surface area contributed by atoms with Gasteiger partial charge in [-0.2, -0.15) is 0 Å². The van der Waals surface area contributed by atoms with Crippen molar-refractivity contribution in [3.8, 4) is 23.0 Å². The number of pyridine rings is 1. The number of hydrogen-bond acceptors (Lipinski definition) is 5. The molecule has 0 aliphatic carbocycles. The van der Waals surface area contributed by atoms with Crippen molar-refractivity contribution in [1.82, 2.24) is 20.3 Å². The molecule has 2 aromatic rings. The summed E-state index contributed by atoms with van der Waals surface area (Å²) in [7, 11) is 0. The quantitative estimate of drug-likeness (QED) is 0.862. The molecule has 1 N–H and O–H groups in total.